The highest BCUT2D eigenvalue weighted by atomic mass is 32.1. The summed E-state index contributed by atoms with van der Waals surface area (Å²) in [6.45, 7) is 2.56. The van der Waals surface area contributed by atoms with E-state index in [9.17, 15) is 23.1 Å². The third-order valence-corrected chi connectivity index (χ3v) is 5.28. The zero-order valence-electron chi connectivity index (χ0n) is 18.2. The second-order valence-electron chi connectivity index (χ2n) is 7.10. The molecule has 1 unspecified atom stereocenters. The van der Waals surface area contributed by atoms with Gasteiger partial charge in [-0.2, -0.15) is 0 Å². The van der Waals surface area contributed by atoms with Crippen molar-refractivity contribution in [3.8, 4) is 5.75 Å². The molecule has 1 atom stereocenters. The number of aryl methyl sites for hydroxylation is 2. The van der Waals surface area contributed by atoms with E-state index in [0.717, 1.165) is 17.8 Å². The zero-order chi connectivity index (χ0) is 24.6. The quantitative estimate of drug-likeness (QED) is 0.219. The van der Waals surface area contributed by atoms with Crippen LogP contribution in [-0.4, -0.2) is 55.5 Å². The molecule has 0 saturated carbocycles. The van der Waals surface area contributed by atoms with Gasteiger partial charge in [-0.15, -0.1) is 28.5 Å². The van der Waals surface area contributed by atoms with Crippen molar-refractivity contribution in [3.63, 3.8) is 0 Å². The molecule has 2 heterocycles. The molecule has 1 aromatic carbocycles. The number of nitrogens with zero attached hydrogens (tertiary/aromatic N) is 5. The van der Waals surface area contributed by atoms with E-state index in [1.807, 2.05) is 0 Å². The monoisotopic (exact) mass is 500 g/mol. The van der Waals surface area contributed by atoms with Gasteiger partial charge < -0.3 is 19.9 Å². The van der Waals surface area contributed by atoms with Crippen LogP contribution >= 0.6 is 11.3 Å². The molecular weight excluding hydrogens is 477 g/mol. The standard InChI is InChI=1S/C20H23F3N6O4S/c1-2-32-18(31)15-12-29(28-25-15)9-4-3-8-17-26-27-19(34-17)24-16(30)11-13-6-5-7-14(10-13)33-20(21,22)23/h5-7,10,12,16,30H,2-4,8-9,11H2,1H3,(H,24,27). The van der Waals surface area contributed by atoms with E-state index in [1.165, 1.54) is 35.7 Å². The maximum atomic E-state index is 12.4. The normalized spacial score (nSPS) is 12.4. The molecule has 2 N–H and O–H groups in total. The van der Waals surface area contributed by atoms with Crippen LogP contribution in [0.2, 0.25) is 0 Å². The number of halogens is 3. The molecule has 14 heteroatoms. The number of carbonyl (C=O) groups is 1. The average molecular weight is 501 g/mol. The molecule has 184 valence electrons. The Morgan fingerprint density at radius 2 is 2.09 bits per heavy atom. The van der Waals surface area contributed by atoms with Crippen molar-refractivity contribution in [3.05, 3.63) is 46.7 Å². The molecule has 0 radical (unpaired) electrons. The van der Waals surface area contributed by atoms with Crippen molar-refractivity contribution in [2.45, 2.75) is 51.7 Å². The summed E-state index contributed by atoms with van der Waals surface area (Å²) < 4.78 is 47.4. The summed E-state index contributed by atoms with van der Waals surface area (Å²) in [6.07, 6.45) is -2.04. The van der Waals surface area contributed by atoms with Gasteiger partial charge >= 0.3 is 12.3 Å². The SMILES string of the molecule is CCOC(=O)c1cn(CCCCc2nnc(NC(O)Cc3cccc(OC(F)(F)F)c3)s2)nn1. The van der Waals surface area contributed by atoms with Crippen LogP contribution in [0.5, 0.6) is 5.75 Å². The van der Waals surface area contributed by atoms with Crippen molar-refractivity contribution in [2.75, 3.05) is 11.9 Å². The van der Waals surface area contributed by atoms with Crippen LogP contribution in [0.4, 0.5) is 18.3 Å². The fourth-order valence-electron chi connectivity index (χ4n) is 2.96. The summed E-state index contributed by atoms with van der Waals surface area (Å²) >= 11 is 1.28. The molecule has 0 fully saturated rings. The van der Waals surface area contributed by atoms with E-state index in [1.54, 1.807) is 17.7 Å². The van der Waals surface area contributed by atoms with E-state index in [4.69, 9.17) is 4.74 Å². The van der Waals surface area contributed by atoms with Gasteiger partial charge in [-0.3, -0.25) is 4.68 Å². The van der Waals surface area contributed by atoms with Gasteiger partial charge in [-0.05, 0) is 37.5 Å². The number of esters is 1. The lowest BCUT2D eigenvalue weighted by molar-refractivity contribution is -0.274. The highest BCUT2D eigenvalue weighted by Gasteiger charge is 2.31. The van der Waals surface area contributed by atoms with Crippen LogP contribution in [0, 0.1) is 0 Å². The Kier molecular flexibility index (Phi) is 8.76. The molecule has 3 aromatic rings. The Labute approximate surface area is 196 Å². The topological polar surface area (TPSA) is 124 Å². The van der Waals surface area contributed by atoms with Crippen molar-refractivity contribution in [1.29, 1.82) is 0 Å². The molecule has 34 heavy (non-hydrogen) atoms. The summed E-state index contributed by atoms with van der Waals surface area (Å²) in [6, 6.07) is 5.42. The lowest BCUT2D eigenvalue weighted by atomic mass is 10.1. The Balaban J connectivity index is 1.40. The first-order valence-electron chi connectivity index (χ1n) is 10.4. The highest BCUT2D eigenvalue weighted by molar-refractivity contribution is 7.15. The lowest BCUT2D eigenvalue weighted by Crippen LogP contribution is -2.21. The van der Waals surface area contributed by atoms with Gasteiger partial charge in [0.1, 0.15) is 17.0 Å². The fourth-order valence-corrected chi connectivity index (χ4v) is 3.78. The number of hydrogen-bond acceptors (Lipinski definition) is 10. The molecule has 0 amide bonds. The summed E-state index contributed by atoms with van der Waals surface area (Å²) in [5.41, 5.74) is 0.630. The minimum absolute atomic E-state index is 0.0513. The Morgan fingerprint density at radius 3 is 2.85 bits per heavy atom. The lowest BCUT2D eigenvalue weighted by Gasteiger charge is -2.13. The maximum Gasteiger partial charge on any atom is 0.573 e. The van der Waals surface area contributed by atoms with Crippen molar-refractivity contribution in [2.24, 2.45) is 0 Å². The number of aliphatic hydroxyl groups is 1. The Morgan fingerprint density at radius 1 is 1.26 bits per heavy atom. The largest absolute Gasteiger partial charge is 0.573 e. The van der Waals surface area contributed by atoms with Gasteiger partial charge in [0, 0.05) is 19.4 Å². The Bertz CT molecular complexity index is 1070. The first-order valence-corrected chi connectivity index (χ1v) is 11.2. The third kappa shape index (κ3) is 8.26. The second-order valence-corrected chi connectivity index (χ2v) is 8.17. The molecule has 0 aliphatic carbocycles. The number of aromatic nitrogens is 5. The summed E-state index contributed by atoms with van der Waals surface area (Å²) in [5.74, 6) is -0.856. The fraction of sp³-hybridized carbons (Fsp3) is 0.450. The van der Waals surface area contributed by atoms with E-state index in [2.05, 4.69) is 30.6 Å². The first kappa shape index (κ1) is 25.4. The van der Waals surface area contributed by atoms with Gasteiger partial charge in [0.2, 0.25) is 5.13 Å². The number of unbranched alkanes of at least 4 members (excludes halogenated alkanes) is 1. The number of aliphatic hydroxyl groups excluding tert-OH is 1. The number of ether oxygens (including phenoxy) is 2. The predicted molar refractivity (Wildman–Crippen MR) is 115 cm³/mol. The number of anilines is 1. The smallest absolute Gasteiger partial charge is 0.461 e. The van der Waals surface area contributed by atoms with Crippen LogP contribution in [-0.2, 0) is 24.1 Å². The molecule has 0 bridgehead atoms. The van der Waals surface area contributed by atoms with Crippen LogP contribution in [0.15, 0.2) is 30.5 Å². The molecule has 0 aliphatic heterocycles. The summed E-state index contributed by atoms with van der Waals surface area (Å²) in [7, 11) is 0. The van der Waals surface area contributed by atoms with Gasteiger partial charge in [0.15, 0.2) is 5.69 Å². The molecule has 3 rings (SSSR count). The van der Waals surface area contributed by atoms with E-state index in [-0.39, 0.29) is 24.5 Å². The van der Waals surface area contributed by atoms with Gasteiger partial charge in [-0.25, -0.2) is 4.79 Å². The number of rotatable bonds is 12. The van der Waals surface area contributed by atoms with Gasteiger partial charge in [0.25, 0.3) is 0 Å². The number of hydrogen-bond donors (Lipinski definition) is 2. The first-order chi connectivity index (χ1) is 16.2. The van der Waals surface area contributed by atoms with Crippen LogP contribution in [0.1, 0.15) is 40.8 Å². The van der Waals surface area contributed by atoms with E-state index in [0.29, 0.717) is 23.7 Å². The minimum Gasteiger partial charge on any atom is -0.461 e. The van der Waals surface area contributed by atoms with Crippen LogP contribution in [0.25, 0.3) is 0 Å². The average Bonchev–Trinajstić information content (AvgIpc) is 3.40. The highest BCUT2D eigenvalue weighted by Crippen LogP contribution is 2.24. The van der Waals surface area contributed by atoms with Crippen LogP contribution in [0.3, 0.4) is 0 Å². The minimum atomic E-state index is -4.78. The molecule has 10 nitrogen and oxygen atoms in total. The second kappa shape index (κ2) is 11.7. The van der Waals surface area contributed by atoms with Crippen molar-refractivity contribution < 1.29 is 32.5 Å². The van der Waals surface area contributed by atoms with E-state index >= 15 is 0 Å². The third-order valence-electron chi connectivity index (χ3n) is 4.37. The number of nitrogens with one attached hydrogen (secondary N) is 1. The molecular formula is C20H23F3N6O4S. The predicted octanol–water partition coefficient (Wildman–Crippen LogP) is 3.20. The molecule has 2 aromatic heterocycles. The number of carbonyl (C=O) groups excluding carboxylic acids is 1. The summed E-state index contributed by atoms with van der Waals surface area (Å²) in [4.78, 5) is 11.6. The van der Waals surface area contributed by atoms with Crippen molar-refractivity contribution in [1.82, 2.24) is 25.2 Å². The number of benzene rings is 1. The molecule has 0 spiro atoms. The zero-order valence-corrected chi connectivity index (χ0v) is 19.0. The Hall–Kier alpha value is -3.26. The maximum absolute atomic E-state index is 12.4. The molecule has 0 saturated heterocycles. The number of alkyl halides is 3. The summed E-state index contributed by atoms with van der Waals surface area (Å²) in [5, 5.41) is 29.9. The van der Waals surface area contributed by atoms with E-state index < -0.39 is 18.6 Å². The molecule has 0 aliphatic rings. The van der Waals surface area contributed by atoms with Gasteiger partial charge in [0.05, 0.1) is 12.8 Å². The van der Waals surface area contributed by atoms with Crippen LogP contribution < -0.4 is 10.1 Å². The van der Waals surface area contributed by atoms with Gasteiger partial charge in [-0.1, -0.05) is 28.7 Å². The van der Waals surface area contributed by atoms with Crippen molar-refractivity contribution >= 4 is 22.4 Å².